The van der Waals surface area contributed by atoms with Gasteiger partial charge in [-0.15, -0.1) is 0 Å². The Kier molecular flexibility index (Phi) is 5.94. The topological polar surface area (TPSA) is 65.8 Å². The van der Waals surface area contributed by atoms with Crippen molar-refractivity contribution in [3.05, 3.63) is 40.8 Å². The molecule has 0 bridgehead atoms. The summed E-state index contributed by atoms with van der Waals surface area (Å²) in [6, 6.07) is 6.57. The van der Waals surface area contributed by atoms with Crippen LogP contribution in [-0.2, 0) is 17.9 Å². The van der Waals surface area contributed by atoms with E-state index >= 15 is 0 Å². The van der Waals surface area contributed by atoms with E-state index in [1.807, 2.05) is 26.0 Å². The molecule has 2 heterocycles. The van der Waals surface area contributed by atoms with E-state index in [9.17, 15) is 0 Å². The van der Waals surface area contributed by atoms with E-state index in [0.29, 0.717) is 12.6 Å². The predicted octanol–water partition coefficient (Wildman–Crippen LogP) is 3.15. The lowest BCUT2D eigenvalue weighted by molar-refractivity contribution is 0.0776. The molecule has 1 aliphatic heterocycles. The summed E-state index contributed by atoms with van der Waals surface area (Å²) in [5.41, 5.74) is 3.01. The summed E-state index contributed by atoms with van der Waals surface area (Å²) in [4.78, 5) is 0. The molecule has 0 atom stereocenters. The van der Waals surface area contributed by atoms with Crippen molar-refractivity contribution in [2.45, 2.75) is 45.9 Å². The van der Waals surface area contributed by atoms with Crippen LogP contribution < -0.4 is 14.8 Å². The molecule has 0 unspecified atom stereocenters. The Morgan fingerprint density at radius 2 is 2.00 bits per heavy atom. The highest BCUT2D eigenvalue weighted by Crippen LogP contribution is 2.29. The maximum atomic E-state index is 5.92. The molecule has 136 valence electrons. The number of nitrogens with zero attached hydrogens (tertiary/aromatic N) is 1. The first-order valence-corrected chi connectivity index (χ1v) is 8.70. The Morgan fingerprint density at radius 3 is 2.68 bits per heavy atom. The molecule has 1 aromatic carbocycles. The molecule has 1 aliphatic rings. The number of rotatable bonds is 7. The fourth-order valence-corrected chi connectivity index (χ4v) is 2.96. The van der Waals surface area contributed by atoms with Gasteiger partial charge in [0.1, 0.15) is 12.4 Å². The second kappa shape index (κ2) is 8.36. The third-order valence-electron chi connectivity index (χ3n) is 4.60. The zero-order chi connectivity index (χ0) is 17.6. The second-order valence-corrected chi connectivity index (χ2v) is 6.34. The summed E-state index contributed by atoms with van der Waals surface area (Å²) >= 11 is 0. The van der Waals surface area contributed by atoms with Crippen LogP contribution in [0.25, 0.3) is 0 Å². The van der Waals surface area contributed by atoms with Crippen LogP contribution in [0.15, 0.2) is 22.7 Å². The normalized spacial score (nSPS) is 15.3. The fraction of sp³-hybridized carbons (Fsp3) is 0.526. The molecular formula is C19H26N2O4. The quantitative estimate of drug-likeness (QED) is 0.831. The largest absolute Gasteiger partial charge is 0.493 e. The van der Waals surface area contributed by atoms with Gasteiger partial charge in [-0.2, -0.15) is 0 Å². The Labute approximate surface area is 148 Å². The fourth-order valence-electron chi connectivity index (χ4n) is 2.96. The lowest BCUT2D eigenvalue weighted by Crippen LogP contribution is -2.34. The minimum Gasteiger partial charge on any atom is -0.493 e. The molecule has 0 radical (unpaired) electrons. The van der Waals surface area contributed by atoms with Crippen LogP contribution in [0.2, 0.25) is 0 Å². The summed E-state index contributed by atoms with van der Waals surface area (Å²) in [5, 5.41) is 7.53. The maximum Gasteiger partial charge on any atom is 0.161 e. The van der Waals surface area contributed by atoms with Crippen molar-refractivity contribution in [2.24, 2.45) is 0 Å². The lowest BCUT2D eigenvalue weighted by Gasteiger charge is -2.23. The van der Waals surface area contributed by atoms with E-state index < -0.39 is 0 Å². The summed E-state index contributed by atoms with van der Waals surface area (Å²) in [6.45, 7) is 6.71. The van der Waals surface area contributed by atoms with Crippen molar-refractivity contribution in [3.63, 3.8) is 0 Å². The van der Waals surface area contributed by atoms with Gasteiger partial charge in [0, 0.05) is 25.8 Å². The van der Waals surface area contributed by atoms with Crippen molar-refractivity contribution in [1.82, 2.24) is 10.5 Å². The predicted molar refractivity (Wildman–Crippen MR) is 94.0 cm³/mol. The Bertz CT molecular complexity index is 673. The Balaban J connectivity index is 1.61. The van der Waals surface area contributed by atoms with Crippen LogP contribution in [0.1, 0.15) is 35.4 Å². The van der Waals surface area contributed by atoms with Gasteiger partial charge in [0.05, 0.1) is 18.4 Å². The molecule has 0 aliphatic carbocycles. The Morgan fingerprint density at radius 1 is 1.20 bits per heavy atom. The van der Waals surface area contributed by atoms with E-state index in [2.05, 4.69) is 16.5 Å². The van der Waals surface area contributed by atoms with E-state index in [4.69, 9.17) is 18.7 Å². The molecule has 3 rings (SSSR count). The van der Waals surface area contributed by atoms with Crippen molar-refractivity contribution in [2.75, 3.05) is 20.3 Å². The van der Waals surface area contributed by atoms with Gasteiger partial charge in [-0.05, 0) is 44.4 Å². The first-order chi connectivity index (χ1) is 12.2. The minimum absolute atomic E-state index is 0.414. The van der Waals surface area contributed by atoms with Crippen molar-refractivity contribution >= 4 is 0 Å². The maximum absolute atomic E-state index is 5.92. The van der Waals surface area contributed by atoms with Crippen molar-refractivity contribution in [1.29, 1.82) is 0 Å². The molecule has 2 aromatic rings. The standard InChI is InChI=1S/C19H26N2O4/c1-13-17(14(2)25-21-13)12-24-18-5-4-15(10-19(18)22-3)11-20-16-6-8-23-9-7-16/h4-5,10,16,20H,6-9,11-12H2,1-3H3. The molecule has 25 heavy (non-hydrogen) atoms. The summed E-state index contributed by atoms with van der Waals surface area (Å²) < 4.78 is 22.0. The number of aromatic nitrogens is 1. The highest BCUT2D eigenvalue weighted by Gasteiger charge is 2.14. The SMILES string of the molecule is COc1cc(CNC2CCOCC2)ccc1OCc1c(C)noc1C. The summed E-state index contributed by atoms with van der Waals surface area (Å²) in [7, 11) is 1.66. The molecule has 0 amide bonds. The van der Waals surface area contributed by atoms with Crippen LogP contribution in [0.3, 0.4) is 0 Å². The monoisotopic (exact) mass is 346 g/mol. The summed E-state index contributed by atoms with van der Waals surface area (Å²) in [6.07, 6.45) is 2.13. The van der Waals surface area contributed by atoms with Gasteiger partial charge in [-0.3, -0.25) is 0 Å². The van der Waals surface area contributed by atoms with Gasteiger partial charge >= 0.3 is 0 Å². The van der Waals surface area contributed by atoms with Crippen molar-refractivity contribution in [3.8, 4) is 11.5 Å². The molecular weight excluding hydrogens is 320 g/mol. The van der Waals surface area contributed by atoms with Gasteiger partial charge in [0.2, 0.25) is 0 Å². The van der Waals surface area contributed by atoms with Gasteiger partial charge in [-0.25, -0.2) is 0 Å². The van der Waals surface area contributed by atoms with Crippen LogP contribution >= 0.6 is 0 Å². The number of aryl methyl sites for hydroxylation is 2. The molecule has 1 aromatic heterocycles. The number of benzene rings is 1. The van der Waals surface area contributed by atoms with E-state index in [1.54, 1.807) is 7.11 Å². The van der Waals surface area contributed by atoms with Crippen LogP contribution in [0.4, 0.5) is 0 Å². The number of ether oxygens (including phenoxy) is 3. The second-order valence-electron chi connectivity index (χ2n) is 6.34. The van der Waals surface area contributed by atoms with Gasteiger partial charge in [-0.1, -0.05) is 11.2 Å². The average Bonchev–Trinajstić information content (AvgIpc) is 2.97. The molecule has 6 heteroatoms. The van der Waals surface area contributed by atoms with Crippen molar-refractivity contribution < 1.29 is 18.7 Å². The minimum atomic E-state index is 0.414. The van der Waals surface area contributed by atoms with Crippen LogP contribution in [0, 0.1) is 13.8 Å². The first kappa shape index (κ1) is 17.8. The van der Waals surface area contributed by atoms with Crippen LogP contribution in [-0.4, -0.2) is 31.5 Å². The van der Waals surface area contributed by atoms with Gasteiger partial charge in [0.15, 0.2) is 11.5 Å². The van der Waals surface area contributed by atoms with E-state index in [1.165, 1.54) is 5.56 Å². The third kappa shape index (κ3) is 4.52. The number of hydrogen-bond donors (Lipinski definition) is 1. The molecule has 1 fully saturated rings. The van der Waals surface area contributed by atoms with E-state index in [0.717, 1.165) is 61.1 Å². The number of methoxy groups -OCH3 is 1. The Hall–Kier alpha value is -2.05. The first-order valence-electron chi connectivity index (χ1n) is 8.70. The number of nitrogens with one attached hydrogen (secondary N) is 1. The highest BCUT2D eigenvalue weighted by atomic mass is 16.5. The molecule has 0 saturated carbocycles. The third-order valence-corrected chi connectivity index (χ3v) is 4.60. The zero-order valence-electron chi connectivity index (χ0n) is 15.1. The zero-order valence-corrected chi connectivity index (χ0v) is 15.1. The lowest BCUT2D eigenvalue weighted by atomic mass is 10.1. The molecule has 0 spiro atoms. The van der Waals surface area contributed by atoms with Gasteiger partial charge in [0.25, 0.3) is 0 Å². The highest BCUT2D eigenvalue weighted by molar-refractivity contribution is 5.43. The van der Waals surface area contributed by atoms with E-state index in [-0.39, 0.29) is 0 Å². The average molecular weight is 346 g/mol. The number of hydrogen-bond acceptors (Lipinski definition) is 6. The molecule has 1 N–H and O–H groups in total. The smallest absolute Gasteiger partial charge is 0.161 e. The van der Waals surface area contributed by atoms with Crippen LogP contribution in [0.5, 0.6) is 11.5 Å². The molecule has 1 saturated heterocycles. The summed E-state index contributed by atoms with van der Waals surface area (Å²) in [5.74, 6) is 2.24. The van der Waals surface area contributed by atoms with Gasteiger partial charge < -0.3 is 24.1 Å². The molecule has 6 nitrogen and oxygen atoms in total.